The Morgan fingerprint density at radius 1 is 1.43 bits per heavy atom. The molecule has 0 spiro atoms. The minimum atomic E-state index is -1.27. The number of carbonyl (C=O) groups excluding carboxylic acids is 1. The molecule has 1 aromatic rings. The van der Waals surface area contributed by atoms with Crippen molar-refractivity contribution in [3.8, 4) is 5.75 Å². The van der Waals surface area contributed by atoms with Gasteiger partial charge in [0.1, 0.15) is 11.5 Å². The first-order valence-electron chi connectivity index (χ1n) is 6.92. The van der Waals surface area contributed by atoms with E-state index in [9.17, 15) is 14.0 Å². The second kappa shape index (κ2) is 6.11. The molecular weight excluding hydrogens is 277 g/mol. The second-order valence-electron chi connectivity index (χ2n) is 5.18. The van der Waals surface area contributed by atoms with Gasteiger partial charge in [0, 0.05) is 0 Å². The molecular formula is C15H18FNO4. The van der Waals surface area contributed by atoms with Gasteiger partial charge < -0.3 is 15.2 Å². The van der Waals surface area contributed by atoms with Gasteiger partial charge in [-0.15, -0.1) is 0 Å². The molecule has 114 valence electrons. The predicted molar refractivity (Wildman–Crippen MR) is 73.4 cm³/mol. The molecule has 1 unspecified atom stereocenters. The third-order valence-electron chi connectivity index (χ3n) is 3.67. The fraction of sp³-hybridized carbons (Fsp3) is 0.467. The van der Waals surface area contributed by atoms with Crippen molar-refractivity contribution in [1.29, 1.82) is 0 Å². The standard InChI is InChI=1S/C15H18FNO4/c1-2-10(21-12-6-4-3-5-11(12)16)9-17-13(18)15(7-8-15)14(19)20/h3-6,10H,2,7-9H2,1H3,(H,17,18)(H,19,20). The van der Waals surface area contributed by atoms with Crippen LogP contribution in [-0.2, 0) is 9.59 Å². The summed E-state index contributed by atoms with van der Waals surface area (Å²) in [4.78, 5) is 22.9. The Bertz CT molecular complexity index is 542. The summed E-state index contributed by atoms with van der Waals surface area (Å²) in [5.74, 6) is -1.93. The van der Waals surface area contributed by atoms with Crippen LogP contribution in [-0.4, -0.2) is 29.6 Å². The molecule has 1 aromatic carbocycles. The van der Waals surface area contributed by atoms with E-state index >= 15 is 0 Å². The van der Waals surface area contributed by atoms with Crippen LogP contribution >= 0.6 is 0 Å². The smallest absolute Gasteiger partial charge is 0.319 e. The fourth-order valence-electron chi connectivity index (χ4n) is 2.03. The van der Waals surface area contributed by atoms with E-state index in [1.54, 1.807) is 12.1 Å². The summed E-state index contributed by atoms with van der Waals surface area (Å²) >= 11 is 0. The van der Waals surface area contributed by atoms with Crippen LogP contribution in [0.5, 0.6) is 5.75 Å². The summed E-state index contributed by atoms with van der Waals surface area (Å²) in [6, 6.07) is 6.03. The number of carboxylic acids is 1. The number of amides is 1. The molecule has 0 aliphatic heterocycles. The molecule has 1 fully saturated rings. The lowest BCUT2D eigenvalue weighted by Gasteiger charge is -2.19. The summed E-state index contributed by atoms with van der Waals surface area (Å²) in [5.41, 5.74) is -1.27. The Labute approximate surface area is 122 Å². The zero-order valence-electron chi connectivity index (χ0n) is 11.8. The molecule has 1 aliphatic rings. The Kier molecular flexibility index (Phi) is 4.45. The van der Waals surface area contributed by atoms with Crippen molar-refractivity contribution >= 4 is 11.9 Å². The number of ether oxygens (including phenoxy) is 1. The lowest BCUT2D eigenvalue weighted by atomic mass is 10.1. The molecule has 0 bridgehead atoms. The van der Waals surface area contributed by atoms with Gasteiger partial charge in [0.05, 0.1) is 6.54 Å². The van der Waals surface area contributed by atoms with E-state index in [2.05, 4.69) is 5.32 Å². The van der Waals surface area contributed by atoms with Crippen molar-refractivity contribution in [3.05, 3.63) is 30.1 Å². The van der Waals surface area contributed by atoms with E-state index in [0.717, 1.165) is 0 Å². The monoisotopic (exact) mass is 295 g/mol. The minimum absolute atomic E-state index is 0.123. The zero-order chi connectivity index (χ0) is 15.5. The molecule has 1 saturated carbocycles. The van der Waals surface area contributed by atoms with Gasteiger partial charge in [0.15, 0.2) is 11.6 Å². The number of rotatable bonds is 7. The zero-order valence-corrected chi connectivity index (χ0v) is 11.8. The summed E-state index contributed by atoms with van der Waals surface area (Å²) in [5, 5.41) is 11.6. The Morgan fingerprint density at radius 2 is 2.10 bits per heavy atom. The van der Waals surface area contributed by atoms with E-state index < -0.39 is 29.2 Å². The molecule has 1 aliphatic carbocycles. The highest BCUT2D eigenvalue weighted by Crippen LogP contribution is 2.46. The number of hydrogen-bond acceptors (Lipinski definition) is 3. The molecule has 2 N–H and O–H groups in total. The van der Waals surface area contributed by atoms with E-state index in [-0.39, 0.29) is 12.3 Å². The van der Waals surface area contributed by atoms with Gasteiger partial charge in [-0.1, -0.05) is 19.1 Å². The third-order valence-corrected chi connectivity index (χ3v) is 3.67. The van der Waals surface area contributed by atoms with Crippen LogP contribution in [0.1, 0.15) is 26.2 Å². The van der Waals surface area contributed by atoms with Crippen molar-refractivity contribution in [2.75, 3.05) is 6.54 Å². The highest BCUT2D eigenvalue weighted by atomic mass is 19.1. The number of carboxylic acid groups (broad SMARTS) is 1. The largest absolute Gasteiger partial charge is 0.486 e. The summed E-state index contributed by atoms with van der Waals surface area (Å²) < 4.78 is 19.0. The van der Waals surface area contributed by atoms with Crippen molar-refractivity contribution in [1.82, 2.24) is 5.32 Å². The maximum atomic E-state index is 13.5. The van der Waals surface area contributed by atoms with Gasteiger partial charge in [-0.25, -0.2) is 4.39 Å². The molecule has 1 amide bonds. The van der Waals surface area contributed by atoms with Crippen molar-refractivity contribution in [2.45, 2.75) is 32.3 Å². The first-order valence-corrected chi connectivity index (χ1v) is 6.92. The van der Waals surface area contributed by atoms with E-state index in [1.165, 1.54) is 12.1 Å². The van der Waals surface area contributed by atoms with Crippen molar-refractivity contribution in [2.24, 2.45) is 5.41 Å². The number of para-hydroxylation sites is 1. The predicted octanol–water partition coefficient (Wildman–Crippen LogP) is 1.96. The van der Waals surface area contributed by atoms with Crippen LogP contribution in [0.4, 0.5) is 4.39 Å². The molecule has 21 heavy (non-hydrogen) atoms. The highest BCUT2D eigenvalue weighted by molar-refractivity contribution is 6.04. The molecule has 2 rings (SSSR count). The fourth-order valence-corrected chi connectivity index (χ4v) is 2.03. The van der Waals surface area contributed by atoms with Crippen LogP contribution in [0.15, 0.2) is 24.3 Å². The average molecular weight is 295 g/mol. The molecule has 0 aromatic heterocycles. The van der Waals surface area contributed by atoms with E-state index in [4.69, 9.17) is 9.84 Å². The number of hydrogen-bond donors (Lipinski definition) is 2. The lowest BCUT2D eigenvalue weighted by molar-refractivity contribution is -0.149. The van der Waals surface area contributed by atoms with Gasteiger partial charge in [0.2, 0.25) is 5.91 Å². The van der Waals surface area contributed by atoms with Gasteiger partial charge in [0.25, 0.3) is 0 Å². The van der Waals surface area contributed by atoms with Gasteiger partial charge in [-0.3, -0.25) is 9.59 Å². The first-order chi connectivity index (χ1) is 9.99. The minimum Gasteiger partial charge on any atom is -0.486 e. The van der Waals surface area contributed by atoms with Crippen LogP contribution in [0.2, 0.25) is 0 Å². The average Bonchev–Trinajstić information content (AvgIpc) is 3.26. The summed E-state index contributed by atoms with van der Waals surface area (Å²) in [7, 11) is 0. The van der Waals surface area contributed by atoms with Crippen LogP contribution in [0, 0.1) is 11.2 Å². The van der Waals surface area contributed by atoms with Gasteiger partial charge in [-0.05, 0) is 31.4 Å². The normalized spacial score (nSPS) is 16.9. The number of halogens is 1. The lowest BCUT2D eigenvalue weighted by Crippen LogP contribution is -2.42. The summed E-state index contributed by atoms with van der Waals surface area (Å²) in [6.45, 7) is 2.00. The quantitative estimate of drug-likeness (QED) is 0.754. The second-order valence-corrected chi connectivity index (χ2v) is 5.18. The third kappa shape index (κ3) is 3.32. The molecule has 0 radical (unpaired) electrons. The molecule has 5 nitrogen and oxygen atoms in total. The van der Waals surface area contributed by atoms with Crippen molar-refractivity contribution in [3.63, 3.8) is 0 Å². The van der Waals surface area contributed by atoms with Crippen LogP contribution in [0.25, 0.3) is 0 Å². The number of carbonyl (C=O) groups is 2. The Balaban J connectivity index is 1.90. The van der Waals surface area contributed by atoms with Gasteiger partial charge >= 0.3 is 5.97 Å². The maximum absolute atomic E-state index is 13.5. The maximum Gasteiger partial charge on any atom is 0.319 e. The van der Waals surface area contributed by atoms with E-state index in [0.29, 0.717) is 19.3 Å². The SMILES string of the molecule is CCC(CNC(=O)C1(C(=O)O)CC1)Oc1ccccc1F. The van der Waals surface area contributed by atoms with E-state index in [1.807, 2.05) is 6.92 Å². The Hall–Kier alpha value is -2.11. The van der Waals surface area contributed by atoms with Crippen molar-refractivity contribution < 1.29 is 23.8 Å². The number of nitrogens with one attached hydrogen (secondary N) is 1. The van der Waals surface area contributed by atoms with Crippen LogP contribution < -0.4 is 10.1 Å². The topological polar surface area (TPSA) is 75.6 Å². The molecule has 0 saturated heterocycles. The first kappa shape index (κ1) is 15.3. The molecule has 1 atom stereocenters. The molecule has 0 heterocycles. The van der Waals surface area contributed by atoms with Crippen LogP contribution in [0.3, 0.4) is 0 Å². The van der Waals surface area contributed by atoms with Gasteiger partial charge in [-0.2, -0.15) is 0 Å². The Morgan fingerprint density at radius 3 is 2.62 bits per heavy atom. The summed E-state index contributed by atoms with van der Waals surface area (Å²) in [6.07, 6.45) is 0.878. The number of aliphatic carboxylic acids is 1. The number of benzene rings is 1. The highest BCUT2D eigenvalue weighted by Gasteiger charge is 2.57. The molecule has 6 heteroatoms.